The molecular weight excluding hydrogens is 316 g/mol. The van der Waals surface area contributed by atoms with Gasteiger partial charge in [0.05, 0.1) is 11.3 Å². The second kappa shape index (κ2) is 4.56. The third-order valence-corrected chi connectivity index (χ3v) is 2.43. The highest BCUT2D eigenvalue weighted by atomic mass is 127. The molecular formula is C9H7FINO3. The van der Waals surface area contributed by atoms with Gasteiger partial charge in [-0.1, -0.05) is 0 Å². The maximum absolute atomic E-state index is 13.1. The molecule has 0 aliphatic carbocycles. The van der Waals surface area contributed by atoms with Gasteiger partial charge >= 0.3 is 5.97 Å². The van der Waals surface area contributed by atoms with Gasteiger partial charge < -0.3 is 10.4 Å². The molecule has 6 heteroatoms. The number of anilines is 1. The highest BCUT2D eigenvalue weighted by molar-refractivity contribution is 14.1. The van der Waals surface area contributed by atoms with Gasteiger partial charge in [-0.3, -0.25) is 4.79 Å². The van der Waals surface area contributed by atoms with Crippen LogP contribution in [0.5, 0.6) is 0 Å². The lowest BCUT2D eigenvalue weighted by Crippen LogP contribution is -2.11. The van der Waals surface area contributed by atoms with Crippen molar-refractivity contribution in [2.45, 2.75) is 6.92 Å². The van der Waals surface area contributed by atoms with Crippen LogP contribution in [0.1, 0.15) is 17.3 Å². The summed E-state index contributed by atoms with van der Waals surface area (Å²) in [7, 11) is 0. The molecule has 0 fully saturated rings. The second-order valence-electron chi connectivity index (χ2n) is 2.80. The Hall–Kier alpha value is -1.18. The average Bonchev–Trinajstić information content (AvgIpc) is 2.09. The highest BCUT2D eigenvalue weighted by Crippen LogP contribution is 2.22. The lowest BCUT2D eigenvalue weighted by molar-refractivity contribution is -0.114. The van der Waals surface area contributed by atoms with Crippen molar-refractivity contribution >= 4 is 40.2 Å². The fourth-order valence-electron chi connectivity index (χ4n) is 1.02. The molecule has 1 rings (SSSR count). The maximum atomic E-state index is 13.1. The molecule has 0 aromatic heterocycles. The molecule has 1 amide bonds. The zero-order chi connectivity index (χ0) is 11.6. The Morgan fingerprint density at radius 2 is 2.07 bits per heavy atom. The number of carboxylic acids is 1. The zero-order valence-electron chi connectivity index (χ0n) is 7.67. The summed E-state index contributed by atoms with van der Waals surface area (Å²) in [6.07, 6.45) is 0. The lowest BCUT2D eigenvalue weighted by atomic mass is 10.1. The summed E-state index contributed by atoms with van der Waals surface area (Å²) in [5, 5.41) is 11.1. The van der Waals surface area contributed by atoms with Crippen LogP contribution in [0.15, 0.2) is 12.1 Å². The summed E-state index contributed by atoms with van der Waals surface area (Å²) in [4.78, 5) is 21.5. The summed E-state index contributed by atoms with van der Waals surface area (Å²) in [5.74, 6) is -2.22. The number of benzene rings is 1. The second-order valence-corrected chi connectivity index (χ2v) is 3.96. The van der Waals surface area contributed by atoms with Crippen LogP contribution in [0.25, 0.3) is 0 Å². The average molecular weight is 323 g/mol. The van der Waals surface area contributed by atoms with Crippen molar-refractivity contribution < 1.29 is 19.1 Å². The monoisotopic (exact) mass is 323 g/mol. The van der Waals surface area contributed by atoms with E-state index in [1.165, 1.54) is 13.0 Å². The minimum Gasteiger partial charge on any atom is -0.478 e. The summed E-state index contributed by atoms with van der Waals surface area (Å²) in [6.45, 7) is 1.22. The molecule has 4 nitrogen and oxygen atoms in total. The number of carbonyl (C=O) groups excluding carboxylic acids is 1. The van der Waals surface area contributed by atoms with Gasteiger partial charge in [0.25, 0.3) is 0 Å². The summed E-state index contributed by atoms with van der Waals surface area (Å²) in [6, 6.07) is 2.16. The van der Waals surface area contributed by atoms with Gasteiger partial charge in [0.15, 0.2) is 0 Å². The van der Waals surface area contributed by atoms with E-state index in [1.54, 1.807) is 22.6 Å². The Morgan fingerprint density at radius 1 is 1.47 bits per heavy atom. The first-order valence-electron chi connectivity index (χ1n) is 3.91. The predicted molar refractivity (Wildman–Crippen MR) is 60.4 cm³/mol. The molecule has 0 atom stereocenters. The van der Waals surface area contributed by atoms with Crippen LogP contribution in [0.4, 0.5) is 10.1 Å². The number of aromatic carboxylic acids is 1. The number of amides is 1. The quantitative estimate of drug-likeness (QED) is 0.819. The first-order chi connectivity index (χ1) is 6.91. The molecule has 2 N–H and O–H groups in total. The SMILES string of the molecule is CC(=O)Nc1cc(F)c(I)cc1C(=O)O. The normalized spacial score (nSPS) is 9.80. The van der Waals surface area contributed by atoms with Crippen LogP contribution in [-0.4, -0.2) is 17.0 Å². The molecule has 0 bridgehead atoms. The zero-order valence-corrected chi connectivity index (χ0v) is 9.83. The number of nitrogens with one attached hydrogen (secondary N) is 1. The maximum Gasteiger partial charge on any atom is 0.337 e. The lowest BCUT2D eigenvalue weighted by Gasteiger charge is -2.07. The molecule has 0 heterocycles. The van der Waals surface area contributed by atoms with Crippen LogP contribution < -0.4 is 5.32 Å². The third-order valence-electron chi connectivity index (χ3n) is 1.60. The first kappa shape index (κ1) is 11.9. The van der Waals surface area contributed by atoms with E-state index in [0.29, 0.717) is 0 Å². The Labute approximate surface area is 98.6 Å². The van der Waals surface area contributed by atoms with Crippen LogP contribution in [0.3, 0.4) is 0 Å². The fourth-order valence-corrected chi connectivity index (χ4v) is 1.48. The molecule has 0 aliphatic rings. The number of carbonyl (C=O) groups is 2. The van der Waals surface area contributed by atoms with Crippen LogP contribution >= 0.6 is 22.6 Å². The number of halogens is 2. The van der Waals surface area contributed by atoms with Crippen molar-refractivity contribution in [2.75, 3.05) is 5.32 Å². The largest absolute Gasteiger partial charge is 0.478 e. The standard InChI is InChI=1S/C9H7FINO3/c1-4(13)12-8-3-6(10)7(11)2-5(8)9(14)15/h2-3H,1H3,(H,12,13)(H,14,15). The van der Waals surface area contributed by atoms with Gasteiger partial charge in [-0.05, 0) is 34.7 Å². The third kappa shape index (κ3) is 2.88. The summed E-state index contributed by atoms with van der Waals surface area (Å²) < 4.78 is 13.3. The molecule has 0 saturated carbocycles. The summed E-state index contributed by atoms with van der Waals surface area (Å²) >= 11 is 1.68. The van der Waals surface area contributed by atoms with E-state index in [-0.39, 0.29) is 14.8 Å². The van der Waals surface area contributed by atoms with E-state index >= 15 is 0 Å². The Balaban J connectivity index is 3.28. The van der Waals surface area contributed by atoms with E-state index in [1.807, 2.05) is 0 Å². The van der Waals surface area contributed by atoms with E-state index in [0.717, 1.165) is 6.07 Å². The van der Waals surface area contributed by atoms with Crippen LogP contribution in [0.2, 0.25) is 0 Å². The molecule has 0 aliphatic heterocycles. The van der Waals surface area contributed by atoms with Crippen LogP contribution in [0, 0.1) is 9.39 Å². The molecule has 80 valence electrons. The summed E-state index contributed by atoms with van der Waals surface area (Å²) in [5.41, 5.74) is -0.163. The minimum absolute atomic E-state index is 0.0343. The number of rotatable bonds is 2. The smallest absolute Gasteiger partial charge is 0.337 e. The predicted octanol–water partition coefficient (Wildman–Crippen LogP) is 2.09. The molecule has 1 aromatic carbocycles. The van der Waals surface area contributed by atoms with E-state index in [4.69, 9.17) is 5.11 Å². The molecule has 0 saturated heterocycles. The van der Waals surface area contributed by atoms with Crippen LogP contribution in [-0.2, 0) is 4.79 Å². The van der Waals surface area contributed by atoms with E-state index in [9.17, 15) is 14.0 Å². The minimum atomic E-state index is -1.21. The van der Waals surface area contributed by atoms with Gasteiger partial charge in [0, 0.05) is 10.5 Å². The van der Waals surface area contributed by atoms with Crippen molar-refractivity contribution in [3.8, 4) is 0 Å². The van der Waals surface area contributed by atoms with Crippen molar-refractivity contribution in [3.63, 3.8) is 0 Å². The Kier molecular flexibility index (Phi) is 3.61. The van der Waals surface area contributed by atoms with Crippen molar-refractivity contribution in [3.05, 3.63) is 27.1 Å². The molecule has 0 radical (unpaired) electrons. The molecule has 15 heavy (non-hydrogen) atoms. The van der Waals surface area contributed by atoms with Gasteiger partial charge in [0.2, 0.25) is 5.91 Å². The van der Waals surface area contributed by atoms with Crippen molar-refractivity contribution in [2.24, 2.45) is 0 Å². The van der Waals surface area contributed by atoms with Crippen molar-refractivity contribution in [1.82, 2.24) is 0 Å². The van der Waals surface area contributed by atoms with Crippen molar-refractivity contribution in [1.29, 1.82) is 0 Å². The van der Waals surface area contributed by atoms with Gasteiger partial charge in [-0.2, -0.15) is 0 Å². The van der Waals surface area contributed by atoms with E-state index < -0.39 is 17.7 Å². The Morgan fingerprint density at radius 3 is 2.53 bits per heavy atom. The highest BCUT2D eigenvalue weighted by Gasteiger charge is 2.14. The molecule has 1 aromatic rings. The molecule has 0 unspecified atom stereocenters. The number of hydrogen-bond acceptors (Lipinski definition) is 2. The van der Waals surface area contributed by atoms with Gasteiger partial charge in [0.1, 0.15) is 5.82 Å². The van der Waals surface area contributed by atoms with E-state index in [2.05, 4.69) is 5.32 Å². The topological polar surface area (TPSA) is 66.4 Å². The number of hydrogen-bond donors (Lipinski definition) is 2. The molecule has 0 spiro atoms. The first-order valence-corrected chi connectivity index (χ1v) is 4.99. The van der Waals surface area contributed by atoms with Gasteiger partial charge in [-0.15, -0.1) is 0 Å². The fraction of sp³-hybridized carbons (Fsp3) is 0.111. The van der Waals surface area contributed by atoms with Gasteiger partial charge in [-0.25, -0.2) is 9.18 Å². The Bertz CT molecular complexity index is 434. The number of carboxylic acid groups (broad SMARTS) is 1.